The number of benzene rings is 1. The Morgan fingerprint density at radius 1 is 1.14 bits per heavy atom. The number of nitrogens with zero attached hydrogens (tertiary/aromatic N) is 1. The third kappa shape index (κ3) is 2.46. The van der Waals surface area contributed by atoms with Gasteiger partial charge in [0.25, 0.3) is 5.91 Å². The molecule has 0 radical (unpaired) electrons. The van der Waals surface area contributed by atoms with Crippen molar-refractivity contribution in [3.05, 3.63) is 57.8 Å². The molecule has 2 heterocycles. The standard InChI is InChI=1S/C18H20N2OS/c19-16-11-20(10-15(16)12-4-2-1-3-5-12)18(21)17-14(8-9-22-17)13-6-7-13/h1-5,8-9,13,15-16H,6-7,10-11,19H2/t15-,16+/m0/s1. The van der Waals surface area contributed by atoms with E-state index in [2.05, 4.69) is 18.2 Å². The molecule has 1 amide bonds. The predicted molar refractivity (Wildman–Crippen MR) is 89.4 cm³/mol. The van der Waals surface area contributed by atoms with Gasteiger partial charge in [-0.05, 0) is 41.3 Å². The van der Waals surface area contributed by atoms with Crippen molar-refractivity contribution >= 4 is 17.2 Å². The fraction of sp³-hybridized carbons (Fsp3) is 0.389. The molecule has 0 bridgehead atoms. The second kappa shape index (κ2) is 5.52. The van der Waals surface area contributed by atoms with Gasteiger partial charge in [0.2, 0.25) is 0 Å². The average molecular weight is 312 g/mol. The maximum absolute atomic E-state index is 12.9. The lowest BCUT2D eigenvalue weighted by Gasteiger charge is -2.16. The predicted octanol–water partition coefficient (Wildman–Crippen LogP) is 3.19. The van der Waals surface area contributed by atoms with Crippen LogP contribution in [0.15, 0.2) is 41.8 Å². The van der Waals surface area contributed by atoms with E-state index < -0.39 is 0 Å². The van der Waals surface area contributed by atoms with Crippen molar-refractivity contribution in [2.75, 3.05) is 13.1 Å². The summed E-state index contributed by atoms with van der Waals surface area (Å²) in [6, 6.07) is 12.5. The molecular formula is C18H20N2OS. The molecule has 2 atom stereocenters. The van der Waals surface area contributed by atoms with Gasteiger partial charge in [-0.3, -0.25) is 4.79 Å². The van der Waals surface area contributed by atoms with Crippen molar-refractivity contribution < 1.29 is 4.79 Å². The first kappa shape index (κ1) is 14.0. The van der Waals surface area contributed by atoms with Gasteiger partial charge >= 0.3 is 0 Å². The molecule has 4 rings (SSSR count). The Kier molecular flexibility index (Phi) is 3.51. The minimum Gasteiger partial charge on any atom is -0.336 e. The molecule has 1 aliphatic heterocycles. The lowest BCUT2D eigenvalue weighted by molar-refractivity contribution is 0.0793. The van der Waals surface area contributed by atoms with Gasteiger partial charge in [-0.2, -0.15) is 0 Å². The zero-order valence-electron chi connectivity index (χ0n) is 12.4. The van der Waals surface area contributed by atoms with E-state index in [-0.39, 0.29) is 17.9 Å². The first-order chi connectivity index (χ1) is 10.7. The number of carbonyl (C=O) groups is 1. The molecular weight excluding hydrogens is 292 g/mol. The number of hydrogen-bond acceptors (Lipinski definition) is 3. The highest BCUT2D eigenvalue weighted by Gasteiger charge is 2.36. The zero-order chi connectivity index (χ0) is 15.1. The Hall–Kier alpha value is -1.65. The fourth-order valence-corrected chi connectivity index (χ4v) is 4.35. The molecule has 2 aliphatic rings. The Morgan fingerprint density at radius 2 is 1.91 bits per heavy atom. The minimum absolute atomic E-state index is 0.0238. The number of rotatable bonds is 3. The van der Waals surface area contributed by atoms with E-state index in [1.807, 2.05) is 28.5 Å². The van der Waals surface area contributed by atoms with E-state index in [0.717, 1.165) is 11.4 Å². The van der Waals surface area contributed by atoms with Gasteiger partial charge in [0.1, 0.15) is 0 Å². The van der Waals surface area contributed by atoms with Crippen molar-refractivity contribution in [3.8, 4) is 0 Å². The van der Waals surface area contributed by atoms with Crippen LogP contribution in [-0.4, -0.2) is 29.9 Å². The van der Waals surface area contributed by atoms with E-state index in [1.54, 1.807) is 11.3 Å². The number of nitrogens with two attached hydrogens (primary N) is 1. The number of hydrogen-bond donors (Lipinski definition) is 1. The second-order valence-electron chi connectivity index (χ2n) is 6.37. The van der Waals surface area contributed by atoms with Crippen LogP contribution >= 0.6 is 11.3 Å². The lowest BCUT2D eigenvalue weighted by atomic mass is 9.95. The lowest BCUT2D eigenvalue weighted by Crippen LogP contribution is -2.32. The summed E-state index contributed by atoms with van der Waals surface area (Å²) in [4.78, 5) is 15.7. The summed E-state index contributed by atoms with van der Waals surface area (Å²) in [6.07, 6.45) is 2.45. The van der Waals surface area contributed by atoms with Crippen molar-refractivity contribution in [2.45, 2.75) is 30.7 Å². The Morgan fingerprint density at radius 3 is 2.64 bits per heavy atom. The molecule has 1 saturated heterocycles. The van der Waals surface area contributed by atoms with Gasteiger partial charge < -0.3 is 10.6 Å². The van der Waals surface area contributed by atoms with E-state index in [1.165, 1.54) is 24.0 Å². The van der Waals surface area contributed by atoms with E-state index in [4.69, 9.17) is 5.73 Å². The molecule has 1 saturated carbocycles. The first-order valence-corrected chi connectivity index (χ1v) is 8.79. The van der Waals surface area contributed by atoms with E-state index in [9.17, 15) is 4.79 Å². The minimum atomic E-state index is 0.0238. The zero-order valence-corrected chi connectivity index (χ0v) is 13.3. The van der Waals surface area contributed by atoms with Crippen LogP contribution in [0.4, 0.5) is 0 Å². The van der Waals surface area contributed by atoms with Gasteiger partial charge in [-0.25, -0.2) is 0 Å². The molecule has 2 N–H and O–H groups in total. The summed E-state index contributed by atoms with van der Waals surface area (Å²) < 4.78 is 0. The average Bonchev–Trinajstić information content (AvgIpc) is 3.14. The molecule has 1 aliphatic carbocycles. The van der Waals surface area contributed by atoms with Crippen LogP contribution in [0.1, 0.15) is 45.5 Å². The molecule has 22 heavy (non-hydrogen) atoms. The highest BCUT2D eigenvalue weighted by atomic mass is 32.1. The Bertz CT molecular complexity index is 677. The SMILES string of the molecule is N[C@@H]1CN(C(=O)c2sccc2C2CC2)C[C@H]1c1ccccc1. The van der Waals surface area contributed by atoms with Crippen LogP contribution in [0.25, 0.3) is 0 Å². The number of likely N-dealkylation sites (tertiary alicyclic amines) is 1. The molecule has 4 heteroatoms. The van der Waals surface area contributed by atoms with Crippen LogP contribution in [0, 0.1) is 0 Å². The summed E-state index contributed by atoms with van der Waals surface area (Å²) in [7, 11) is 0. The third-order valence-corrected chi connectivity index (χ3v) is 5.71. The second-order valence-corrected chi connectivity index (χ2v) is 7.29. The highest BCUT2D eigenvalue weighted by molar-refractivity contribution is 7.12. The van der Waals surface area contributed by atoms with Crippen LogP contribution in [0.3, 0.4) is 0 Å². The van der Waals surface area contributed by atoms with Crippen molar-refractivity contribution in [2.24, 2.45) is 5.73 Å². The highest BCUT2D eigenvalue weighted by Crippen LogP contribution is 2.43. The summed E-state index contributed by atoms with van der Waals surface area (Å²) in [5, 5.41) is 2.05. The third-order valence-electron chi connectivity index (χ3n) is 4.79. The largest absolute Gasteiger partial charge is 0.336 e. The molecule has 0 unspecified atom stereocenters. The van der Waals surface area contributed by atoms with E-state index >= 15 is 0 Å². The van der Waals surface area contributed by atoms with Crippen LogP contribution in [0.5, 0.6) is 0 Å². The van der Waals surface area contributed by atoms with Crippen molar-refractivity contribution in [1.29, 1.82) is 0 Å². The molecule has 1 aromatic carbocycles. The van der Waals surface area contributed by atoms with Crippen LogP contribution < -0.4 is 5.73 Å². The van der Waals surface area contributed by atoms with Crippen molar-refractivity contribution in [1.82, 2.24) is 4.90 Å². The quantitative estimate of drug-likeness (QED) is 0.946. The summed E-state index contributed by atoms with van der Waals surface area (Å²) in [5.74, 6) is 1.03. The van der Waals surface area contributed by atoms with Gasteiger partial charge in [0.05, 0.1) is 4.88 Å². The first-order valence-electron chi connectivity index (χ1n) is 7.91. The number of amides is 1. The van der Waals surface area contributed by atoms with Gasteiger partial charge in [0.15, 0.2) is 0 Å². The maximum Gasteiger partial charge on any atom is 0.264 e. The molecule has 1 aromatic heterocycles. The van der Waals surface area contributed by atoms with Crippen molar-refractivity contribution in [3.63, 3.8) is 0 Å². The summed E-state index contributed by atoms with van der Waals surface area (Å²) >= 11 is 1.58. The molecule has 2 fully saturated rings. The van der Waals surface area contributed by atoms with E-state index in [0.29, 0.717) is 12.5 Å². The molecule has 114 valence electrons. The smallest absolute Gasteiger partial charge is 0.264 e. The molecule has 3 nitrogen and oxygen atoms in total. The van der Waals surface area contributed by atoms with Crippen LogP contribution in [0.2, 0.25) is 0 Å². The van der Waals surface area contributed by atoms with Gasteiger partial charge in [-0.15, -0.1) is 11.3 Å². The fourth-order valence-electron chi connectivity index (χ4n) is 3.40. The monoisotopic (exact) mass is 312 g/mol. The summed E-state index contributed by atoms with van der Waals surface area (Å²) in [6.45, 7) is 1.38. The van der Waals surface area contributed by atoms with Gasteiger partial charge in [0, 0.05) is 25.0 Å². The Balaban J connectivity index is 1.54. The number of carbonyl (C=O) groups excluding carboxylic acids is 1. The Labute approximate surface area is 134 Å². The van der Waals surface area contributed by atoms with Gasteiger partial charge in [-0.1, -0.05) is 30.3 Å². The van der Waals surface area contributed by atoms with Crippen LogP contribution in [-0.2, 0) is 0 Å². The normalized spacial score (nSPS) is 24.7. The molecule has 2 aromatic rings. The topological polar surface area (TPSA) is 46.3 Å². The summed E-state index contributed by atoms with van der Waals surface area (Å²) in [5.41, 5.74) is 8.80. The number of thiophene rings is 1. The molecule has 0 spiro atoms. The maximum atomic E-state index is 12.9.